The van der Waals surface area contributed by atoms with Gasteiger partial charge in [-0.2, -0.15) is 0 Å². The Morgan fingerprint density at radius 2 is 1.50 bits per heavy atom. The zero-order valence-electron chi connectivity index (χ0n) is 12.9. The van der Waals surface area contributed by atoms with Gasteiger partial charge in [0.2, 0.25) is 0 Å². The van der Waals surface area contributed by atoms with E-state index in [1.807, 2.05) is 0 Å². The molecule has 0 heterocycles. The second-order valence-electron chi connectivity index (χ2n) is 4.59. The van der Waals surface area contributed by atoms with Gasteiger partial charge in [0.15, 0.2) is 0 Å². The normalized spacial score (nSPS) is 15.8. The Kier molecular flexibility index (Phi) is 6.62. The highest BCUT2D eigenvalue weighted by Crippen LogP contribution is 2.29. The Bertz CT molecular complexity index is 528. The van der Waals surface area contributed by atoms with Crippen molar-refractivity contribution in [2.75, 3.05) is 20.8 Å². The number of esters is 3. The zero-order chi connectivity index (χ0) is 16.7. The summed E-state index contributed by atoms with van der Waals surface area (Å²) in [6.07, 6.45) is 1.58. The van der Waals surface area contributed by atoms with Crippen LogP contribution in [0.2, 0.25) is 0 Å². The van der Waals surface area contributed by atoms with Crippen molar-refractivity contribution in [1.29, 1.82) is 0 Å². The number of rotatable bonds is 4. The van der Waals surface area contributed by atoms with Crippen LogP contribution in [0.5, 0.6) is 0 Å². The van der Waals surface area contributed by atoms with Gasteiger partial charge in [0.05, 0.1) is 32.0 Å². The average Bonchev–Trinajstić information content (AvgIpc) is 2.49. The Morgan fingerprint density at radius 1 is 0.955 bits per heavy atom. The van der Waals surface area contributed by atoms with Crippen LogP contribution in [-0.2, 0) is 28.6 Å². The monoisotopic (exact) mass is 312 g/mol. The fraction of sp³-hybridized carbons (Fsp3) is 0.533. The molecule has 1 N–H and O–H groups in total. The molecule has 0 atom stereocenters. The topological polar surface area (TPSA) is 99.1 Å². The molecule has 0 bridgehead atoms. The van der Waals surface area contributed by atoms with Crippen molar-refractivity contribution in [2.24, 2.45) is 0 Å². The molecule has 0 spiro atoms. The van der Waals surface area contributed by atoms with Crippen LogP contribution in [0.25, 0.3) is 0 Å². The molecule has 122 valence electrons. The predicted octanol–water partition coefficient (Wildman–Crippen LogP) is 1.58. The molecule has 0 saturated carbocycles. The van der Waals surface area contributed by atoms with E-state index in [0.717, 1.165) is 14.2 Å². The lowest BCUT2D eigenvalue weighted by atomic mass is 9.91. The first kappa shape index (κ1) is 17.7. The van der Waals surface area contributed by atoms with Crippen LogP contribution >= 0.6 is 0 Å². The van der Waals surface area contributed by atoms with E-state index < -0.39 is 17.9 Å². The van der Waals surface area contributed by atoms with E-state index in [2.05, 4.69) is 9.47 Å². The third-order valence-electron chi connectivity index (χ3n) is 3.23. The summed E-state index contributed by atoms with van der Waals surface area (Å²) in [5.41, 5.74) is -0.609. The van der Waals surface area contributed by atoms with Gasteiger partial charge in [-0.1, -0.05) is 0 Å². The van der Waals surface area contributed by atoms with E-state index >= 15 is 0 Å². The number of allylic oxidation sites excluding steroid dienone is 1. The molecule has 1 rings (SSSR count). The summed E-state index contributed by atoms with van der Waals surface area (Å²) < 4.78 is 14.2. The van der Waals surface area contributed by atoms with Gasteiger partial charge in [0, 0.05) is 6.42 Å². The second-order valence-corrected chi connectivity index (χ2v) is 4.59. The molecular formula is C15H20O7. The molecule has 0 fully saturated rings. The van der Waals surface area contributed by atoms with Crippen LogP contribution in [0, 0.1) is 0 Å². The molecule has 0 amide bonds. The lowest BCUT2D eigenvalue weighted by Crippen LogP contribution is -2.23. The van der Waals surface area contributed by atoms with Crippen molar-refractivity contribution in [1.82, 2.24) is 0 Å². The highest BCUT2D eigenvalue weighted by molar-refractivity contribution is 6.12. The number of aliphatic hydroxyl groups is 1. The van der Waals surface area contributed by atoms with Crippen molar-refractivity contribution < 1.29 is 33.7 Å². The maximum Gasteiger partial charge on any atom is 0.342 e. The SMILES string of the molecule is CCOC(=O)C1=C(C(=O)OC)C(C(=O)OC)=C(O)CCCC1. The molecular weight excluding hydrogens is 292 g/mol. The molecule has 1 aliphatic carbocycles. The fourth-order valence-corrected chi connectivity index (χ4v) is 2.21. The number of methoxy groups -OCH3 is 2. The van der Waals surface area contributed by atoms with E-state index in [1.165, 1.54) is 0 Å². The van der Waals surface area contributed by atoms with E-state index in [0.29, 0.717) is 12.8 Å². The molecule has 1 aliphatic rings. The summed E-state index contributed by atoms with van der Waals surface area (Å²) in [7, 11) is 2.25. The molecule has 0 aromatic heterocycles. The van der Waals surface area contributed by atoms with E-state index in [-0.39, 0.29) is 41.9 Å². The maximum absolute atomic E-state index is 12.1. The van der Waals surface area contributed by atoms with Crippen LogP contribution in [0.15, 0.2) is 22.5 Å². The largest absolute Gasteiger partial charge is 0.511 e. The lowest BCUT2D eigenvalue weighted by Gasteiger charge is -2.18. The minimum atomic E-state index is -0.901. The molecule has 0 radical (unpaired) electrons. The van der Waals surface area contributed by atoms with Crippen LogP contribution in [0.3, 0.4) is 0 Å². The van der Waals surface area contributed by atoms with Gasteiger partial charge in [-0.15, -0.1) is 0 Å². The van der Waals surface area contributed by atoms with Crippen molar-refractivity contribution >= 4 is 17.9 Å². The molecule has 0 aliphatic heterocycles. The first-order chi connectivity index (χ1) is 10.5. The minimum Gasteiger partial charge on any atom is -0.511 e. The number of carbonyl (C=O) groups excluding carboxylic acids is 3. The minimum absolute atomic E-state index is 0.0142. The summed E-state index contributed by atoms with van der Waals surface area (Å²) in [6, 6.07) is 0. The van der Waals surface area contributed by atoms with Crippen LogP contribution in [0.1, 0.15) is 32.6 Å². The quantitative estimate of drug-likeness (QED) is 0.621. The van der Waals surface area contributed by atoms with Gasteiger partial charge >= 0.3 is 17.9 Å². The number of ether oxygens (including phenoxy) is 3. The van der Waals surface area contributed by atoms with E-state index in [4.69, 9.17) is 4.74 Å². The summed E-state index contributed by atoms with van der Waals surface area (Å²) in [5, 5.41) is 10.1. The Morgan fingerprint density at radius 3 is 2.05 bits per heavy atom. The first-order valence-corrected chi connectivity index (χ1v) is 6.97. The molecule has 0 aromatic rings. The first-order valence-electron chi connectivity index (χ1n) is 6.97. The van der Waals surface area contributed by atoms with Gasteiger partial charge in [-0.25, -0.2) is 14.4 Å². The Labute approximate surface area is 128 Å². The van der Waals surface area contributed by atoms with Gasteiger partial charge in [0.1, 0.15) is 11.3 Å². The molecule has 22 heavy (non-hydrogen) atoms. The van der Waals surface area contributed by atoms with E-state index in [1.54, 1.807) is 6.92 Å². The zero-order valence-corrected chi connectivity index (χ0v) is 12.9. The Hall–Kier alpha value is -2.31. The van der Waals surface area contributed by atoms with Gasteiger partial charge in [-0.3, -0.25) is 0 Å². The summed E-state index contributed by atoms with van der Waals surface area (Å²) in [6.45, 7) is 1.76. The van der Waals surface area contributed by atoms with E-state index in [9.17, 15) is 19.5 Å². The Balaban J connectivity index is 3.58. The van der Waals surface area contributed by atoms with Crippen molar-refractivity contribution in [3.8, 4) is 0 Å². The third kappa shape index (κ3) is 3.87. The smallest absolute Gasteiger partial charge is 0.342 e. The molecule has 0 unspecified atom stereocenters. The summed E-state index contributed by atoms with van der Waals surface area (Å²) in [5.74, 6) is -2.80. The van der Waals surface area contributed by atoms with Crippen molar-refractivity contribution in [3.63, 3.8) is 0 Å². The van der Waals surface area contributed by atoms with Gasteiger partial charge < -0.3 is 19.3 Å². The standard InChI is InChI=1S/C15H20O7/c1-4-22-13(17)9-7-5-6-8-10(16)12(15(19)21-3)11(9)14(18)20-2/h16H,4-8H2,1-3H3. The average molecular weight is 312 g/mol. The third-order valence-corrected chi connectivity index (χ3v) is 3.23. The second kappa shape index (κ2) is 8.21. The molecule has 7 nitrogen and oxygen atoms in total. The number of hydrogen-bond acceptors (Lipinski definition) is 7. The van der Waals surface area contributed by atoms with Gasteiger partial charge in [0.25, 0.3) is 0 Å². The van der Waals surface area contributed by atoms with Crippen molar-refractivity contribution in [3.05, 3.63) is 22.5 Å². The number of hydrogen-bond donors (Lipinski definition) is 1. The van der Waals surface area contributed by atoms with Crippen molar-refractivity contribution in [2.45, 2.75) is 32.6 Å². The molecule has 7 heteroatoms. The lowest BCUT2D eigenvalue weighted by molar-refractivity contribution is -0.141. The highest BCUT2D eigenvalue weighted by atomic mass is 16.5. The highest BCUT2D eigenvalue weighted by Gasteiger charge is 2.33. The summed E-state index contributed by atoms with van der Waals surface area (Å²) in [4.78, 5) is 36.2. The predicted molar refractivity (Wildman–Crippen MR) is 75.8 cm³/mol. The summed E-state index contributed by atoms with van der Waals surface area (Å²) >= 11 is 0. The molecule has 0 saturated heterocycles. The van der Waals surface area contributed by atoms with Crippen LogP contribution in [0.4, 0.5) is 0 Å². The number of aliphatic hydroxyl groups excluding tert-OH is 1. The molecule has 0 aromatic carbocycles. The fourth-order valence-electron chi connectivity index (χ4n) is 2.21. The maximum atomic E-state index is 12.1. The van der Waals surface area contributed by atoms with Gasteiger partial charge in [-0.05, 0) is 26.2 Å². The number of carbonyl (C=O) groups is 3. The van der Waals surface area contributed by atoms with Crippen LogP contribution < -0.4 is 0 Å². The van der Waals surface area contributed by atoms with Crippen LogP contribution in [-0.4, -0.2) is 43.8 Å².